The van der Waals surface area contributed by atoms with Gasteiger partial charge in [-0.2, -0.15) is 0 Å². The fraction of sp³-hybridized carbons (Fsp3) is 0.286. The molecule has 0 aliphatic rings. The summed E-state index contributed by atoms with van der Waals surface area (Å²) < 4.78 is 0. The van der Waals surface area contributed by atoms with E-state index in [2.05, 4.69) is 11.6 Å². The van der Waals surface area contributed by atoms with Crippen molar-refractivity contribution in [2.45, 2.75) is 12.5 Å². The van der Waals surface area contributed by atoms with Gasteiger partial charge < -0.3 is 20.1 Å². The summed E-state index contributed by atoms with van der Waals surface area (Å²) in [5.41, 5.74) is 0. The molecule has 1 atom stereocenters. The normalized spacial score (nSPS) is 11.6. The largest absolute Gasteiger partial charge is 1.00 e. The number of rotatable bonds is 5. The third-order valence-electron chi connectivity index (χ3n) is 1.10. The molecule has 72 valence electrons. The molecule has 0 bridgehead atoms. The quantitative estimate of drug-likeness (QED) is 0.287. The van der Waals surface area contributed by atoms with Crippen LogP contribution in [0.15, 0.2) is 17.6 Å². The van der Waals surface area contributed by atoms with Crippen LogP contribution in [0.4, 0.5) is 0 Å². The molecule has 0 spiro atoms. The average Bonchev–Trinajstić information content (AvgIpc) is 2.02. The van der Waals surface area contributed by atoms with Crippen molar-refractivity contribution in [1.82, 2.24) is 0 Å². The van der Waals surface area contributed by atoms with Gasteiger partial charge in [-0.1, -0.05) is 12.7 Å². The topological polar surface area (TPSA) is 113 Å². The second kappa shape index (κ2) is 10.7. The Kier molecular flexibility index (Phi) is 14.6. The van der Waals surface area contributed by atoms with Gasteiger partial charge in [0.15, 0.2) is 6.04 Å². The minimum Gasteiger partial charge on any atom is -0.859 e. The molecule has 1 unspecified atom stereocenters. The molecule has 1 N–H and O–H groups in total. The molecular weight excluding hydrogens is 224 g/mol. The van der Waals surface area contributed by atoms with Crippen LogP contribution in [0.3, 0.4) is 0 Å². The summed E-state index contributed by atoms with van der Waals surface area (Å²) >= 11 is 0. The van der Waals surface area contributed by atoms with Gasteiger partial charge in [0.1, 0.15) is 0 Å². The van der Waals surface area contributed by atoms with Gasteiger partial charge >= 0.3 is 65.1 Å². The van der Waals surface area contributed by atoms with Crippen molar-refractivity contribution in [2.75, 3.05) is 0 Å². The monoisotopic (exact) mass is 231 g/mol. The molecule has 0 heterocycles. The van der Waals surface area contributed by atoms with Crippen LogP contribution in [0.5, 0.6) is 0 Å². The maximum Gasteiger partial charge on any atom is 1.00 e. The number of hydrogen-bond donors (Lipinski definition) is 1. The molecule has 0 aromatic carbocycles. The Morgan fingerprint density at radius 3 is 2.13 bits per heavy atom. The molecule has 0 saturated heterocycles. The van der Waals surface area contributed by atoms with Crippen LogP contribution in [0.25, 0.3) is 0 Å². The van der Waals surface area contributed by atoms with E-state index in [1.54, 1.807) is 0 Å². The maximum absolute atomic E-state index is 10.5. The fourth-order valence-corrected chi connectivity index (χ4v) is 0.552. The summed E-state index contributed by atoms with van der Waals surface area (Å²) in [6.45, 7) is 3.05. The Morgan fingerprint density at radius 1 is 1.40 bits per heavy atom. The van der Waals surface area contributed by atoms with E-state index in [0.29, 0.717) is 0 Å². The number of carboxylic acids is 2. The van der Waals surface area contributed by atoms with Gasteiger partial charge in [-0.25, -0.2) is 4.79 Å². The zero-order valence-corrected chi connectivity index (χ0v) is 12.6. The fourth-order valence-electron chi connectivity index (χ4n) is 0.552. The summed E-state index contributed by atoms with van der Waals surface area (Å²) in [4.78, 5) is 23.4. The summed E-state index contributed by atoms with van der Waals surface area (Å²) in [7, 11) is 0. The van der Waals surface area contributed by atoms with Crippen molar-refractivity contribution in [3.05, 3.63) is 12.7 Å². The van der Waals surface area contributed by atoms with Crippen LogP contribution < -0.4 is 69.3 Å². The van der Waals surface area contributed by atoms with Crippen molar-refractivity contribution in [1.29, 1.82) is 0 Å². The van der Waals surface area contributed by atoms with E-state index >= 15 is 0 Å². The zero-order chi connectivity index (χ0) is 10.4. The Hall–Kier alpha value is 0.150. The van der Waals surface area contributed by atoms with E-state index in [0.717, 1.165) is 6.08 Å². The summed E-state index contributed by atoms with van der Waals surface area (Å²) in [6.07, 6.45) is -0.0276. The number of carbonyl (C=O) groups is 2. The molecule has 0 radical (unpaired) electrons. The first-order chi connectivity index (χ1) is 5.97. The Labute approximate surface area is 131 Å². The van der Waals surface area contributed by atoms with Gasteiger partial charge in [0.2, 0.25) is 0 Å². The van der Waals surface area contributed by atoms with Crippen LogP contribution in [0, 0.1) is 0 Å². The van der Waals surface area contributed by atoms with E-state index in [1.165, 1.54) is 0 Å². The number of carbonyl (C=O) groups excluding carboxylic acids is 1. The molecule has 0 aromatic rings. The van der Waals surface area contributed by atoms with Gasteiger partial charge in [-0.3, -0.25) is 4.99 Å². The third-order valence-corrected chi connectivity index (χ3v) is 1.10. The molecule has 0 aromatic heterocycles. The van der Waals surface area contributed by atoms with Crippen LogP contribution in [-0.2, 0) is 9.59 Å². The maximum atomic E-state index is 10.5. The molecule has 6 nitrogen and oxygen atoms in total. The molecule has 15 heavy (non-hydrogen) atoms. The number of carboxylic acid groups (broad SMARTS) is 2. The molecule has 0 rings (SSSR count). The SMILES string of the molecule is C=CC([O-])=NC(CC(=O)[O-])C(=O)O.[Na+].[Na+]. The van der Waals surface area contributed by atoms with Gasteiger partial charge in [-0.15, -0.1) is 0 Å². The predicted octanol–water partition coefficient (Wildman–Crippen LogP) is -8.47. The smallest absolute Gasteiger partial charge is 0.859 e. The van der Waals surface area contributed by atoms with Crippen LogP contribution in [0.2, 0.25) is 0 Å². The molecule has 0 fully saturated rings. The standard InChI is InChI=1S/C7H9NO5.2Na/c1-2-5(9)8-4(7(12)13)3-6(10)11;;/h2,4H,1,3H2,(H,8,9)(H,10,11)(H,12,13);;/q;2*+1/p-2. The van der Waals surface area contributed by atoms with E-state index in [4.69, 9.17) is 5.11 Å². The van der Waals surface area contributed by atoms with Crippen LogP contribution >= 0.6 is 0 Å². The summed E-state index contributed by atoms with van der Waals surface area (Å²) in [6, 6.07) is -1.60. The van der Waals surface area contributed by atoms with Crippen molar-refractivity contribution in [2.24, 2.45) is 4.99 Å². The number of nitrogens with zero attached hydrogens (tertiary/aromatic N) is 1. The van der Waals surface area contributed by atoms with Gasteiger partial charge in [0.25, 0.3) is 0 Å². The molecular formula is C7H7NNa2O5. The second-order valence-corrected chi connectivity index (χ2v) is 2.10. The molecule has 0 amide bonds. The van der Waals surface area contributed by atoms with Crippen LogP contribution in [0.1, 0.15) is 6.42 Å². The summed E-state index contributed by atoms with van der Waals surface area (Å²) in [5.74, 6) is -3.93. The second-order valence-electron chi connectivity index (χ2n) is 2.10. The van der Waals surface area contributed by atoms with Crippen molar-refractivity contribution in [3.63, 3.8) is 0 Å². The van der Waals surface area contributed by atoms with E-state index in [9.17, 15) is 19.8 Å². The first-order valence-corrected chi connectivity index (χ1v) is 3.27. The van der Waals surface area contributed by atoms with Crippen LogP contribution in [-0.4, -0.2) is 29.0 Å². The van der Waals surface area contributed by atoms with E-state index in [1.807, 2.05) is 0 Å². The van der Waals surface area contributed by atoms with Crippen molar-refractivity contribution < 1.29 is 84.0 Å². The van der Waals surface area contributed by atoms with Gasteiger partial charge in [0, 0.05) is 12.4 Å². The Balaban J connectivity index is -0.000000720. The molecule has 8 heteroatoms. The third kappa shape index (κ3) is 10.4. The van der Waals surface area contributed by atoms with Crippen molar-refractivity contribution >= 4 is 17.8 Å². The Bertz CT molecular complexity index is 266. The first-order valence-electron chi connectivity index (χ1n) is 3.27. The molecule has 0 saturated carbocycles. The molecule has 0 aliphatic carbocycles. The van der Waals surface area contributed by atoms with E-state index in [-0.39, 0.29) is 59.1 Å². The number of hydrogen-bond acceptors (Lipinski definition) is 5. The van der Waals surface area contributed by atoms with Gasteiger partial charge in [0.05, 0.1) is 0 Å². The van der Waals surface area contributed by atoms with Crippen molar-refractivity contribution in [3.8, 4) is 0 Å². The number of aliphatic carboxylic acids is 2. The first kappa shape index (κ1) is 20.5. The minimum absolute atomic E-state index is 0. The molecule has 0 aliphatic heterocycles. The van der Waals surface area contributed by atoms with Gasteiger partial charge in [-0.05, 0) is 5.90 Å². The predicted molar refractivity (Wildman–Crippen MR) is 38.7 cm³/mol. The zero-order valence-electron chi connectivity index (χ0n) is 8.60. The number of aliphatic imine (C=N–C) groups is 1. The minimum atomic E-state index is -1.60. The Morgan fingerprint density at radius 2 is 1.87 bits per heavy atom. The average molecular weight is 231 g/mol. The summed E-state index contributed by atoms with van der Waals surface area (Å²) in [5, 5.41) is 29.0. The van der Waals surface area contributed by atoms with E-state index < -0.39 is 30.3 Å².